The van der Waals surface area contributed by atoms with Gasteiger partial charge in [0.25, 0.3) is 0 Å². The van der Waals surface area contributed by atoms with Gasteiger partial charge in [0.1, 0.15) is 0 Å². The number of rotatable bonds is 1. The van der Waals surface area contributed by atoms with Crippen LogP contribution >= 0.6 is 0 Å². The smallest absolute Gasteiger partial charge is 0.334 e. The van der Waals surface area contributed by atoms with Gasteiger partial charge in [0.2, 0.25) is 0 Å². The molecule has 0 aromatic rings. The van der Waals surface area contributed by atoms with Crippen molar-refractivity contribution in [2.45, 2.75) is 18.9 Å². The van der Waals surface area contributed by atoms with Gasteiger partial charge in [-0.1, -0.05) is 0 Å². The average Bonchev–Trinajstić information content (AvgIpc) is 2.50. The summed E-state index contributed by atoms with van der Waals surface area (Å²) in [6.45, 7) is 0. The Morgan fingerprint density at radius 1 is 1.75 bits per heavy atom. The molecular formula is C5H9N2O. The molecule has 0 bridgehead atoms. The number of nitrogens with zero attached hydrogens (tertiary/aromatic N) is 1. The van der Waals surface area contributed by atoms with Gasteiger partial charge in [0, 0.05) is 13.1 Å². The maximum Gasteiger partial charge on any atom is 0.336 e. The van der Waals surface area contributed by atoms with E-state index in [1.807, 2.05) is 0 Å². The fourth-order valence-electron chi connectivity index (χ4n) is 0.467. The summed E-state index contributed by atoms with van der Waals surface area (Å²) in [5, 5.41) is 6.12. The first-order valence-electron chi connectivity index (χ1n) is 2.73. The van der Waals surface area contributed by atoms with E-state index in [9.17, 15) is 4.79 Å². The van der Waals surface area contributed by atoms with E-state index in [0.717, 1.165) is 12.8 Å². The second kappa shape index (κ2) is 2.03. The van der Waals surface area contributed by atoms with Gasteiger partial charge in [-0.05, 0) is 12.8 Å². The Morgan fingerprint density at radius 2 is 2.38 bits per heavy atom. The zero-order valence-corrected chi connectivity index (χ0v) is 4.85. The molecule has 0 aliphatic heterocycles. The van der Waals surface area contributed by atoms with E-state index >= 15 is 0 Å². The Labute approximate surface area is 48.5 Å². The van der Waals surface area contributed by atoms with Crippen LogP contribution in [0.3, 0.4) is 0 Å². The van der Waals surface area contributed by atoms with Crippen LogP contribution in [0.25, 0.3) is 0 Å². The van der Waals surface area contributed by atoms with Crippen LogP contribution in [0.2, 0.25) is 0 Å². The van der Waals surface area contributed by atoms with Crippen LogP contribution in [0, 0.1) is 0 Å². The van der Waals surface area contributed by atoms with Crippen molar-refractivity contribution in [3.8, 4) is 0 Å². The van der Waals surface area contributed by atoms with Crippen molar-refractivity contribution in [3.05, 3.63) is 0 Å². The van der Waals surface area contributed by atoms with Crippen molar-refractivity contribution in [1.82, 2.24) is 10.6 Å². The minimum atomic E-state index is -0.187. The Bertz CT molecular complexity index is 98.6. The number of nitrogens with one attached hydrogen (secondary N) is 1. The molecular weight excluding hydrogens is 104 g/mol. The van der Waals surface area contributed by atoms with Crippen molar-refractivity contribution >= 4 is 6.03 Å². The normalized spacial score (nSPS) is 17.6. The van der Waals surface area contributed by atoms with Crippen LogP contribution in [-0.4, -0.2) is 19.1 Å². The molecule has 1 radical (unpaired) electrons. The molecule has 3 heteroatoms. The van der Waals surface area contributed by atoms with Crippen molar-refractivity contribution in [2.75, 3.05) is 7.05 Å². The van der Waals surface area contributed by atoms with E-state index < -0.39 is 0 Å². The van der Waals surface area contributed by atoms with Crippen molar-refractivity contribution in [1.29, 1.82) is 0 Å². The van der Waals surface area contributed by atoms with Crippen molar-refractivity contribution in [2.24, 2.45) is 0 Å². The Kier molecular flexibility index (Phi) is 1.37. The first-order chi connectivity index (χ1) is 3.83. The maximum absolute atomic E-state index is 10.4. The second-order valence-corrected chi connectivity index (χ2v) is 1.95. The number of hydrogen-bond donors (Lipinski definition) is 1. The van der Waals surface area contributed by atoms with Crippen molar-refractivity contribution in [3.63, 3.8) is 0 Å². The summed E-state index contributed by atoms with van der Waals surface area (Å²) in [7, 11) is 1.50. The number of urea groups is 1. The molecule has 0 atom stereocenters. The second-order valence-electron chi connectivity index (χ2n) is 1.95. The lowest BCUT2D eigenvalue weighted by molar-refractivity contribution is 0.242. The SMILES string of the molecule is C[N]C(=O)NC1CC1. The largest absolute Gasteiger partial charge is 0.336 e. The zero-order chi connectivity index (χ0) is 5.98. The predicted molar refractivity (Wildman–Crippen MR) is 29.6 cm³/mol. The third kappa shape index (κ3) is 1.40. The highest BCUT2D eigenvalue weighted by molar-refractivity contribution is 5.73. The lowest BCUT2D eigenvalue weighted by Crippen LogP contribution is -2.29. The van der Waals surface area contributed by atoms with Crippen LogP contribution in [0.1, 0.15) is 12.8 Å². The fourth-order valence-corrected chi connectivity index (χ4v) is 0.467. The summed E-state index contributed by atoms with van der Waals surface area (Å²) < 4.78 is 0. The molecule has 0 saturated heterocycles. The molecule has 45 valence electrons. The molecule has 0 unspecified atom stereocenters. The molecule has 0 heterocycles. The lowest BCUT2D eigenvalue weighted by atomic mass is 10.7. The highest BCUT2D eigenvalue weighted by atomic mass is 16.2. The highest BCUT2D eigenvalue weighted by Crippen LogP contribution is 2.17. The van der Waals surface area contributed by atoms with E-state index in [0.29, 0.717) is 6.04 Å². The summed E-state index contributed by atoms with van der Waals surface area (Å²) in [6, 6.07) is 0.249. The lowest BCUT2D eigenvalue weighted by Gasteiger charge is -1.95. The minimum Gasteiger partial charge on any atom is -0.334 e. The molecule has 1 aliphatic rings. The average molecular weight is 113 g/mol. The maximum atomic E-state index is 10.4. The molecule has 1 fully saturated rings. The third-order valence-corrected chi connectivity index (χ3v) is 1.11. The van der Waals surface area contributed by atoms with E-state index in [2.05, 4.69) is 10.6 Å². The van der Waals surface area contributed by atoms with Gasteiger partial charge >= 0.3 is 6.03 Å². The summed E-state index contributed by atoms with van der Waals surface area (Å²) in [4.78, 5) is 10.4. The molecule has 8 heavy (non-hydrogen) atoms. The molecule has 3 nitrogen and oxygen atoms in total. The summed E-state index contributed by atoms with van der Waals surface area (Å²) in [6.07, 6.45) is 2.25. The van der Waals surface area contributed by atoms with Crippen molar-refractivity contribution < 1.29 is 4.79 Å². The number of amides is 2. The van der Waals surface area contributed by atoms with Gasteiger partial charge in [-0.3, -0.25) is 0 Å². The number of carbonyl (C=O) groups excluding carboxylic acids is 1. The highest BCUT2D eigenvalue weighted by Gasteiger charge is 2.22. The molecule has 0 aromatic carbocycles. The van der Waals surface area contributed by atoms with E-state index in [4.69, 9.17) is 0 Å². The van der Waals surface area contributed by atoms with Crippen LogP contribution in [0.15, 0.2) is 0 Å². The molecule has 0 aromatic heterocycles. The van der Waals surface area contributed by atoms with Gasteiger partial charge < -0.3 is 5.32 Å². The van der Waals surface area contributed by atoms with Crippen LogP contribution < -0.4 is 10.6 Å². The number of hydrogen-bond acceptors (Lipinski definition) is 1. The van der Waals surface area contributed by atoms with Gasteiger partial charge in [-0.15, -0.1) is 0 Å². The van der Waals surface area contributed by atoms with Gasteiger partial charge in [-0.25, -0.2) is 10.1 Å². The molecule has 1 rings (SSSR count). The van der Waals surface area contributed by atoms with Gasteiger partial charge in [0.05, 0.1) is 0 Å². The Morgan fingerprint density at radius 3 is 2.75 bits per heavy atom. The van der Waals surface area contributed by atoms with Crippen LogP contribution in [-0.2, 0) is 0 Å². The summed E-state index contributed by atoms with van der Waals surface area (Å²) >= 11 is 0. The predicted octanol–water partition coefficient (Wildman–Crippen LogP) is 0.0926. The Hall–Kier alpha value is -0.730. The van der Waals surface area contributed by atoms with Crippen LogP contribution in [0.4, 0.5) is 4.79 Å². The summed E-state index contributed by atoms with van der Waals surface area (Å²) in [5.74, 6) is 0. The topological polar surface area (TPSA) is 43.2 Å². The third-order valence-electron chi connectivity index (χ3n) is 1.11. The van der Waals surface area contributed by atoms with Gasteiger partial charge in [-0.2, -0.15) is 0 Å². The zero-order valence-electron chi connectivity index (χ0n) is 4.85. The van der Waals surface area contributed by atoms with E-state index in [1.54, 1.807) is 0 Å². The molecule has 1 aliphatic carbocycles. The van der Waals surface area contributed by atoms with Gasteiger partial charge in [0.15, 0.2) is 0 Å². The monoisotopic (exact) mass is 113 g/mol. The van der Waals surface area contributed by atoms with E-state index in [1.165, 1.54) is 7.05 Å². The molecule has 1 N–H and O–H groups in total. The van der Waals surface area contributed by atoms with Crippen LogP contribution in [0.5, 0.6) is 0 Å². The summed E-state index contributed by atoms with van der Waals surface area (Å²) in [5.41, 5.74) is 0. The Balaban J connectivity index is 2.07. The first kappa shape index (κ1) is 5.41. The fraction of sp³-hybridized carbons (Fsp3) is 0.800. The van der Waals surface area contributed by atoms with E-state index in [-0.39, 0.29) is 6.03 Å². The quantitative estimate of drug-likeness (QED) is 0.514. The first-order valence-corrected chi connectivity index (χ1v) is 2.73. The molecule has 1 saturated carbocycles. The molecule has 0 spiro atoms. The number of carbonyl (C=O) groups is 1. The molecule has 2 amide bonds. The minimum absolute atomic E-state index is 0.187. The standard InChI is InChI=1S/C5H9N2O/c1-6-5(8)7-4-2-3-4/h4H,2-3H2,1H3,(H,7,8).